The first kappa shape index (κ1) is 12.5. The average molecular weight is 245 g/mol. The van der Waals surface area contributed by atoms with E-state index >= 15 is 0 Å². The van der Waals surface area contributed by atoms with Crippen LogP contribution in [0.25, 0.3) is 11.3 Å². The molecule has 0 saturated heterocycles. The van der Waals surface area contributed by atoms with E-state index in [0.29, 0.717) is 5.56 Å². The molecule has 0 amide bonds. The van der Waals surface area contributed by atoms with Gasteiger partial charge in [0, 0.05) is 5.56 Å². The van der Waals surface area contributed by atoms with Crippen LogP contribution in [0.5, 0.6) is 0 Å². The van der Waals surface area contributed by atoms with Gasteiger partial charge in [0.2, 0.25) is 0 Å². The number of nitrogens with zero attached hydrogens (tertiary/aromatic N) is 2. The Morgan fingerprint density at radius 2 is 1.67 bits per heavy atom. The summed E-state index contributed by atoms with van der Waals surface area (Å²) in [6.45, 7) is 6.39. The first-order chi connectivity index (χ1) is 8.39. The Hall–Kier alpha value is -1.97. The van der Waals surface area contributed by atoms with E-state index < -0.39 is 5.82 Å². The maximum absolute atomic E-state index is 13.8. The summed E-state index contributed by atoms with van der Waals surface area (Å²) in [4.78, 5) is 7.55. The van der Waals surface area contributed by atoms with Gasteiger partial charge in [-0.25, -0.2) is 14.4 Å². The molecule has 2 rings (SSSR count). The molecule has 0 aliphatic heterocycles. The lowest BCUT2D eigenvalue weighted by molar-refractivity contribution is 0.590. The van der Waals surface area contributed by atoms with E-state index in [1.54, 1.807) is 0 Å². The third-order valence-electron chi connectivity index (χ3n) is 2.84. The first-order valence-corrected chi connectivity index (χ1v) is 5.76. The number of anilines is 1. The molecule has 0 unspecified atom stereocenters. The highest BCUT2D eigenvalue weighted by atomic mass is 19.1. The molecule has 18 heavy (non-hydrogen) atoms. The maximum atomic E-state index is 13.8. The highest BCUT2D eigenvalue weighted by molar-refractivity contribution is 5.63. The topological polar surface area (TPSA) is 51.8 Å². The van der Waals surface area contributed by atoms with Crippen LogP contribution in [-0.4, -0.2) is 9.97 Å². The van der Waals surface area contributed by atoms with Crippen LogP contribution in [0.4, 0.5) is 10.2 Å². The van der Waals surface area contributed by atoms with Crippen molar-refractivity contribution in [3.63, 3.8) is 0 Å². The monoisotopic (exact) mass is 245 g/mol. The van der Waals surface area contributed by atoms with Gasteiger partial charge >= 0.3 is 0 Å². The van der Waals surface area contributed by atoms with Gasteiger partial charge in [0.1, 0.15) is 12.0 Å². The predicted octanol–water partition coefficient (Wildman–Crippen LogP) is 3.16. The standard InChI is InChI=1S/C14H16FN3/c1-14(2,3)10-6-4-9(5-7-10)12-11(15)13(16)18-8-17-12/h4-8H,1-3H3,(H2,16,17,18). The zero-order valence-electron chi connectivity index (χ0n) is 10.7. The average Bonchev–Trinajstić information content (AvgIpc) is 2.32. The Labute approximate surface area is 106 Å². The molecule has 0 aliphatic carbocycles. The SMILES string of the molecule is CC(C)(C)c1ccc(-c2ncnc(N)c2F)cc1. The van der Waals surface area contributed by atoms with Crippen LogP contribution in [0, 0.1) is 5.82 Å². The highest BCUT2D eigenvalue weighted by Crippen LogP contribution is 2.27. The fraction of sp³-hybridized carbons (Fsp3) is 0.286. The zero-order valence-corrected chi connectivity index (χ0v) is 10.7. The third-order valence-corrected chi connectivity index (χ3v) is 2.84. The Morgan fingerprint density at radius 1 is 1.06 bits per heavy atom. The van der Waals surface area contributed by atoms with E-state index in [2.05, 4.69) is 30.7 Å². The molecule has 0 fully saturated rings. The summed E-state index contributed by atoms with van der Waals surface area (Å²) in [5.74, 6) is -0.694. The quantitative estimate of drug-likeness (QED) is 0.839. The van der Waals surface area contributed by atoms with Crippen LogP contribution >= 0.6 is 0 Å². The van der Waals surface area contributed by atoms with E-state index in [1.165, 1.54) is 11.9 Å². The molecule has 0 radical (unpaired) electrons. The summed E-state index contributed by atoms with van der Waals surface area (Å²) in [5, 5.41) is 0. The molecule has 0 bridgehead atoms. The van der Waals surface area contributed by atoms with Crippen molar-refractivity contribution in [2.24, 2.45) is 0 Å². The molecule has 2 N–H and O–H groups in total. The zero-order chi connectivity index (χ0) is 13.3. The van der Waals surface area contributed by atoms with Crippen molar-refractivity contribution in [3.8, 4) is 11.3 Å². The molecule has 4 heteroatoms. The lowest BCUT2D eigenvalue weighted by Gasteiger charge is -2.19. The van der Waals surface area contributed by atoms with Gasteiger partial charge in [-0.15, -0.1) is 0 Å². The molecule has 1 heterocycles. The highest BCUT2D eigenvalue weighted by Gasteiger charge is 2.15. The number of halogens is 1. The summed E-state index contributed by atoms with van der Waals surface area (Å²) in [7, 11) is 0. The second-order valence-electron chi connectivity index (χ2n) is 5.25. The van der Waals surface area contributed by atoms with Crippen molar-refractivity contribution in [1.29, 1.82) is 0 Å². The fourth-order valence-corrected chi connectivity index (χ4v) is 1.71. The van der Waals surface area contributed by atoms with Crippen LogP contribution in [-0.2, 0) is 5.41 Å². The minimum Gasteiger partial charge on any atom is -0.381 e. The van der Waals surface area contributed by atoms with Gasteiger partial charge in [-0.1, -0.05) is 45.0 Å². The summed E-state index contributed by atoms with van der Waals surface area (Å²) in [6.07, 6.45) is 1.27. The van der Waals surface area contributed by atoms with E-state index in [-0.39, 0.29) is 16.9 Å². The summed E-state index contributed by atoms with van der Waals surface area (Å²) >= 11 is 0. The summed E-state index contributed by atoms with van der Waals surface area (Å²) in [6, 6.07) is 7.66. The first-order valence-electron chi connectivity index (χ1n) is 5.76. The Balaban J connectivity index is 2.44. The number of aromatic nitrogens is 2. The molecule has 2 aromatic rings. The summed E-state index contributed by atoms with van der Waals surface area (Å²) < 4.78 is 13.8. The van der Waals surface area contributed by atoms with Gasteiger partial charge in [-0.3, -0.25) is 0 Å². The maximum Gasteiger partial charge on any atom is 0.191 e. The van der Waals surface area contributed by atoms with E-state index in [1.807, 2.05) is 24.3 Å². The molecule has 94 valence electrons. The minimum atomic E-state index is -0.569. The van der Waals surface area contributed by atoms with Crippen LogP contribution < -0.4 is 5.73 Å². The Kier molecular flexibility index (Phi) is 3.03. The number of rotatable bonds is 1. The van der Waals surface area contributed by atoms with Gasteiger partial charge in [-0.05, 0) is 11.0 Å². The minimum absolute atomic E-state index is 0.0712. The summed E-state index contributed by atoms with van der Waals surface area (Å²) in [5.41, 5.74) is 7.63. The van der Waals surface area contributed by atoms with Crippen LogP contribution in [0.3, 0.4) is 0 Å². The lowest BCUT2D eigenvalue weighted by Crippen LogP contribution is -2.10. The van der Waals surface area contributed by atoms with Crippen LogP contribution in [0.15, 0.2) is 30.6 Å². The van der Waals surface area contributed by atoms with Gasteiger partial charge in [0.25, 0.3) is 0 Å². The van der Waals surface area contributed by atoms with Gasteiger partial charge < -0.3 is 5.73 Å². The Bertz CT molecular complexity index is 556. The molecule has 0 spiro atoms. The molecule has 0 aliphatic rings. The van der Waals surface area contributed by atoms with Crippen molar-refractivity contribution >= 4 is 5.82 Å². The number of hydrogen-bond acceptors (Lipinski definition) is 3. The van der Waals surface area contributed by atoms with Crippen molar-refractivity contribution in [1.82, 2.24) is 9.97 Å². The molecule has 0 saturated carbocycles. The number of hydrogen-bond donors (Lipinski definition) is 1. The van der Waals surface area contributed by atoms with Crippen LogP contribution in [0.2, 0.25) is 0 Å². The lowest BCUT2D eigenvalue weighted by atomic mass is 9.86. The molecule has 1 aromatic heterocycles. The number of nitrogens with two attached hydrogens (primary N) is 1. The largest absolute Gasteiger partial charge is 0.381 e. The van der Waals surface area contributed by atoms with Crippen LogP contribution in [0.1, 0.15) is 26.3 Å². The second kappa shape index (κ2) is 4.37. The van der Waals surface area contributed by atoms with Gasteiger partial charge in [0.05, 0.1) is 0 Å². The Morgan fingerprint density at radius 3 is 2.22 bits per heavy atom. The van der Waals surface area contributed by atoms with Gasteiger partial charge in [0.15, 0.2) is 11.6 Å². The number of nitrogen functional groups attached to an aromatic ring is 1. The van der Waals surface area contributed by atoms with Crippen molar-refractivity contribution in [2.75, 3.05) is 5.73 Å². The van der Waals surface area contributed by atoms with E-state index in [4.69, 9.17) is 5.73 Å². The van der Waals surface area contributed by atoms with E-state index in [9.17, 15) is 4.39 Å². The molecule has 1 aromatic carbocycles. The molecule has 0 atom stereocenters. The fourth-order valence-electron chi connectivity index (χ4n) is 1.71. The number of benzene rings is 1. The smallest absolute Gasteiger partial charge is 0.191 e. The third kappa shape index (κ3) is 2.32. The predicted molar refractivity (Wildman–Crippen MR) is 70.5 cm³/mol. The second-order valence-corrected chi connectivity index (χ2v) is 5.25. The van der Waals surface area contributed by atoms with Crippen molar-refractivity contribution in [2.45, 2.75) is 26.2 Å². The van der Waals surface area contributed by atoms with Gasteiger partial charge in [-0.2, -0.15) is 0 Å². The molecule has 3 nitrogen and oxygen atoms in total. The molecular formula is C14H16FN3. The van der Waals surface area contributed by atoms with Crippen molar-refractivity contribution < 1.29 is 4.39 Å². The normalized spacial score (nSPS) is 11.6. The van der Waals surface area contributed by atoms with Crippen molar-refractivity contribution in [3.05, 3.63) is 42.0 Å². The molecular weight excluding hydrogens is 229 g/mol. The van der Waals surface area contributed by atoms with E-state index in [0.717, 1.165) is 0 Å².